The lowest BCUT2D eigenvalue weighted by Gasteiger charge is -2.11. The molecule has 0 radical (unpaired) electrons. The lowest BCUT2D eigenvalue weighted by molar-refractivity contribution is 0.178. The summed E-state index contributed by atoms with van der Waals surface area (Å²) in [6.07, 6.45) is 0.163. The highest BCUT2D eigenvalue weighted by molar-refractivity contribution is 5.29. The van der Waals surface area contributed by atoms with E-state index < -0.39 is 6.10 Å². The second-order valence-corrected chi connectivity index (χ2v) is 3.98. The first-order valence-electron chi connectivity index (χ1n) is 5.65. The van der Waals surface area contributed by atoms with Crippen LogP contribution in [0.4, 0.5) is 0 Å². The normalized spacial score (nSPS) is 12.1. The van der Waals surface area contributed by atoms with Gasteiger partial charge in [-0.05, 0) is 23.3 Å². The molecular formula is C15H16O2. The highest BCUT2D eigenvalue weighted by Gasteiger charge is 2.08. The van der Waals surface area contributed by atoms with Gasteiger partial charge >= 0.3 is 0 Å². The van der Waals surface area contributed by atoms with E-state index in [1.54, 1.807) is 7.11 Å². The number of methoxy groups -OCH3 is 1. The predicted octanol–water partition coefficient (Wildman–Crippen LogP) is 2.97. The minimum atomic E-state index is -0.469. The van der Waals surface area contributed by atoms with Gasteiger partial charge in [0.2, 0.25) is 0 Å². The zero-order chi connectivity index (χ0) is 12.1. The Morgan fingerprint density at radius 3 is 2.24 bits per heavy atom. The molecule has 88 valence electrons. The monoisotopic (exact) mass is 228 g/mol. The first-order chi connectivity index (χ1) is 8.29. The lowest BCUT2D eigenvalue weighted by atomic mass is 10.0. The molecule has 1 atom stereocenters. The number of aliphatic hydroxyl groups excluding tert-OH is 1. The Morgan fingerprint density at radius 1 is 1.00 bits per heavy atom. The Hall–Kier alpha value is -1.80. The average Bonchev–Trinajstić information content (AvgIpc) is 2.40. The summed E-state index contributed by atoms with van der Waals surface area (Å²) >= 11 is 0. The zero-order valence-corrected chi connectivity index (χ0v) is 9.84. The van der Waals surface area contributed by atoms with Crippen LogP contribution in [0.1, 0.15) is 17.2 Å². The summed E-state index contributed by atoms with van der Waals surface area (Å²) in [5.41, 5.74) is 2.05. The van der Waals surface area contributed by atoms with E-state index in [1.165, 1.54) is 0 Å². The van der Waals surface area contributed by atoms with Crippen molar-refractivity contribution >= 4 is 0 Å². The Morgan fingerprint density at radius 2 is 1.65 bits per heavy atom. The van der Waals surface area contributed by atoms with E-state index in [-0.39, 0.29) is 0 Å². The highest BCUT2D eigenvalue weighted by atomic mass is 16.5. The minimum Gasteiger partial charge on any atom is -0.497 e. The molecule has 0 aliphatic heterocycles. The number of hydrogen-bond acceptors (Lipinski definition) is 2. The molecule has 17 heavy (non-hydrogen) atoms. The average molecular weight is 228 g/mol. The maximum Gasteiger partial charge on any atom is 0.118 e. The number of rotatable bonds is 4. The molecule has 1 N–H and O–H groups in total. The van der Waals surface area contributed by atoms with Gasteiger partial charge < -0.3 is 9.84 Å². The molecule has 0 spiro atoms. The Kier molecular flexibility index (Phi) is 3.78. The van der Waals surface area contributed by atoms with Gasteiger partial charge in [0.1, 0.15) is 5.75 Å². The molecule has 0 saturated heterocycles. The summed E-state index contributed by atoms with van der Waals surface area (Å²) in [5.74, 6) is 0.806. The van der Waals surface area contributed by atoms with Gasteiger partial charge in [-0.2, -0.15) is 0 Å². The van der Waals surface area contributed by atoms with E-state index in [4.69, 9.17) is 4.74 Å². The van der Waals surface area contributed by atoms with Crippen LogP contribution < -0.4 is 4.74 Å². The molecular weight excluding hydrogens is 212 g/mol. The van der Waals surface area contributed by atoms with Crippen LogP contribution in [0.15, 0.2) is 54.6 Å². The largest absolute Gasteiger partial charge is 0.497 e. The van der Waals surface area contributed by atoms with Crippen LogP contribution in [0.2, 0.25) is 0 Å². The van der Waals surface area contributed by atoms with Crippen LogP contribution in [0.3, 0.4) is 0 Å². The van der Waals surface area contributed by atoms with Gasteiger partial charge in [-0.3, -0.25) is 0 Å². The number of ether oxygens (including phenoxy) is 1. The minimum absolute atomic E-state index is 0.469. The fraction of sp³-hybridized carbons (Fsp3) is 0.200. The van der Waals surface area contributed by atoms with Crippen LogP contribution in [0.25, 0.3) is 0 Å². The van der Waals surface area contributed by atoms with Crippen molar-refractivity contribution in [2.45, 2.75) is 12.5 Å². The van der Waals surface area contributed by atoms with Crippen molar-refractivity contribution in [2.75, 3.05) is 7.11 Å². The van der Waals surface area contributed by atoms with E-state index in [1.807, 2.05) is 54.6 Å². The van der Waals surface area contributed by atoms with Crippen LogP contribution >= 0.6 is 0 Å². The third-order valence-electron chi connectivity index (χ3n) is 2.77. The third kappa shape index (κ3) is 3.08. The van der Waals surface area contributed by atoms with Crippen molar-refractivity contribution < 1.29 is 9.84 Å². The van der Waals surface area contributed by atoms with E-state index in [0.717, 1.165) is 16.9 Å². The van der Waals surface area contributed by atoms with E-state index in [2.05, 4.69) is 0 Å². The number of hydrogen-bond donors (Lipinski definition) is 1. The molecule has 0 aromatic heterocycles. The van der Waals surface area contributed by atoms with Gasteiger partial charge in [-0.1, -0.05) is 42.5 Å². The molecule has 2 nitrogen and oxygen atoms in total. The first kappa shape index (κ1) is 11.7. The second kappa shape index (κ2) is 5.51. The van der Waals surface area contributed by atoms with E-state index in [9.17, 15) is 5.11 Å². The summed E-state index contributed by atoms with van der Waals surface area (Å²) in [7, 11) is 1.63. The molecule has 0 amide bonds. The molecule has 2 aromatic carbocycles. The maximum atomic E-state index is 10.1. The molecule has 0 aliphatic rings. The molecule has 0 heterocycles. The summed E-state index contributed by atoms with van der Waals surface area (Å²) in [6, 6.07) is 17.5. The summed E-state index contributed by atoms with van der Waals surface area (Å²) in [6.45, 7) is 0. The second-order valence-electron chi connectivity index (χ2n) is 3.98. The van der Waals surface area contributed by atoms with Crippen LogP contribution in [-0.2, 0) is 6.42 Å². The fourth-order valence-electron chi connectivity index (χ4n) is 1.78. The van der Waals surface area contributed by atoms with Gasteiger partial charge in [-0.25, -0.2) is 0 Å². The molecule has 2 heteroatoms. The Labute approximate surface area is 101 Å². The zero-order valence-electron chi connectivity index (χ0n) is 9.84. The molecule has 0 unspecified atom stereocenters. The maximum absolute atomic E-state index is 10.1. The number of benzene rings is 2. The highest BCUT2D eigenvalue weighted by Crippen LogP contribution is 2.20. The Bertz CT molecular complexity index is 448. The summed E-state index contributed by atoms with van der Waals surface area (Å²) < 4.78 is 5.09. The summed E-state index contributed by atoms with van der Waals surface area (Å²) in [5, 5.41) is 10.1. The summed E-state index contributed by atoms with van der Waals surface area (Å²) in [4.78, 5) is 0. The molecule has 0 saturated carbocycles. The van der Waals surface area contributed by atoms with Crippen molar-refractivity contribution in [1.82, 2.24) is 0 Å². The molecule has 0 fully saturated rings. The molecule has 0 bridgehead atoms. The van der Waals surface area contributed by atoms with Gasteiger partial charge in [0.05, 0.1) is 13.2 Å². The van der Waals surface area contributed by atoms with E-state index in [0.29, 0.717) is 6.42 Å². The van der Waals surface area contributed by atoms with Crippen LogP contribution in [-0.4, -0.2) is 12.2 Å². The van der Waals surface area contributed by atoms with Gasteiger partial charge in [0.25, 0.3) is 0 Å². The molecule has 2 rings (SSSR count). The topological polar surface area (TPSA) is 29.5 Å². The smallest absolute Gasteiger partial charge is 0.118 e. The van der Waals surface area contributed by atoms with Gasteiger partial charge in [-0.15, -0.1) is 0 Å². The predicted molar refractivity (Wildman–Crippen MR) is 68.1 cm³/mol. The van der Waals surface area contributed by atoms with E-state index >= 15 is 0 Å². The van der Waals surface area contributed by atoms with Crippen LogP contribution in [0, 0.1) is 0 Å². The molecule has 0 aliphatic carbocycles. The van der Waals surface area contributed by atoms with Crippen molar-refractivity contribution in [1.29, 1.82) is 0 Å². The van der Waals surface area contributed by atoms with Crippen molar-refractivity contribution in [3.63, 3.8) is 0 Å². The first-order valence-corrected chi connectivity index (χ1v) is 5.65. The quantitative estimate of drug-likeness (QED) is 0.871. The Balaban J connectivity index is 2.06. The van der Waals surface area contributed by atoms with Crippen molar-refractivity contribution in [2.24, 2.45) is 0 Å². The lowest BCUT2D eigenvalue weighted by Crippen LogP contribution is -2.01. The van der Waals surface area contributed by atoms with Gasteiger partial charge in [0, 0.05) is 6.42 Å². The standard InChI is InChI=1S/C15H16O2/c1-17-14-9-7-13(8-10-14)15(16)11-12-5-3-2-4-6-12/h2-10,15-16H,11H2,1H3/t15-/m1/s1. The van der Waals surface area contributed by atoms with Crippen molar-refractivity contribution in [3.05, 3.63) is 65.7 Å². The molecule has 2 aromatic rings. The number of aliphatic hydroxyl groups is 1. The SMILES string of the molecule is COc1ccc([C@H](O)Cc2ccccc2)cc1. The van der Waals surface area contributed by atoms with Crippen LogP contribution in [0.5, 0.6) is 5.75 Å². The van der Waals surface area contributed by atoms with Crippen molar-refractivity contribution in [3.8, 4) is 5.75 Å². The fourth-order valence-corrected chi connectivity index (χ4v) is 1.78. The van der Waals surface area contributed by atoms with Gasteiger partial charge in [0.15, 0.2) is 0 Å². The third-order valence-corrected chi connectivity index (χ3v) is 2.77.